The number of fused-ring (bicyclic) bond motifs is 1. The van der Waals surface area contributed by atoms with Crippen molar-refractivity contribution in [2.45, 2.75) is 6.54 Å². The van der Waals surface area contributed by atoms with Gasteiger partial charge in [0.2, 0.25) is 0 Å². The first kappa shape index (κ1) is 17.9. The van der Waals surface area contributed by atoms with E-state index in [4.69, 9.17) is 0 Å². The van der Waals surface area contributed by atoms with Gasteiger partial charge in [0.1, 0.15) is 17.2 Å². The predicted molar refractivity (Wildman–Crippen MR) is 110 cm³/mol. The van der Waals surface area contributed by atoms with Gasteiger partial charge < -0.3 is 10.2 Å². The van der Waals surface area contributed by atoms with Crippen LogP contribution < -0.4 is 10.2 Å². The monoisotopic (exact) mass is 373 g/mol. The van der Waals surface area contributed by atoms with Crippen molar-refractivity contribution < 1.29 is 4.39 Å². The topological polar surface area (TPSA) is 53.9 Å². The van der Waals surface area contributed by atoms with Crippen molar-refractivity contribution in [1.82, 2.24) is 15.0 Å². The van der Waals surface area contributed by atoms with Crippen molar-refractivity contribution in [1.29, 1.82) is 0 Å². The molecule has 0 amide bonds. The Balaban J connectivity index is 1.49. The maximum atomic E-state index is 13.4. The van der Waals surface area contributed by atoms with Crippen LogP contribution in [0.2, 0.25) is 0 Å². The molecule has 3 aromatic heterocycles. The van der Waals surface area contributed by atoms with Crippen molar-refractivity contribution in [3.8, 4) is 0 Å². The normalized spacial score (nSPS) is 10.8. The highest BCUT2D eigenvalue weighted by atomic mass is 19.1. The minimum absolute atomic E-state index is 0.388. The lowest BCUT2D eigenvalue weighted by atomic mass is 10.2. The van der Waals surface area contributed by atoms with E-state index in [9.17, 15) is 4.39 Å². The van der Waals surface area contributed by atoms with Crippen molar-refractivity contribution >= 4 is 22.5 Å². The molecule has 0 saturated carbocycles. The summed E-state index contributed by atoms with van der Waals surface area (Å²) in [5.74, 6) is 0.536. The van der Waals surface area contributed by atoms with Crippen molar-refractivity contribution in [2.75, 3.05) is 23.3 Å². The number of rotatable bonds is 7. The van der Waals surface area contributed by atoms with Crippen LogP contribution in [0.5, 0.6) is 0 Å². The summed E-state index contributed by atoms with van der Waals surface area (Å²) < 4.78 is 13.4. The molecule has 1 aromatic carbocycles. The Labute approximate surface area is 162 Å². The molecule has 0 unspecified atom stereocenters. The van der Waals surface area contributed by atoms with E-state index in [2.05, 4.69) is 37.3 Å². The molecule has 6 heteroatoms. The summed E-state index contributed by atoms with van der Waals surface area (Å²) >= 11 is 0. The van der Waals surface area contributed by atoms with Crippen LogP contribution in [0.3, 0.4) is 0 Å². The first-order valence-electron chi connectivity index (χ1n) is 9.13. The second kappa shape index (κ2) is 8.43. The van der Waals surface area contributed by atoms with E-state index in [-0.39, 0.29) is 5.82 Å². The average Bonchev–Trinajstić information content (AvgIpc) is 2.74. The summed E-state index contributed by atoms with van der Waals surface area (Å²) in [7, 11) is 0. The second-order valence-electron chi connectivity index (χ2n) is 6.40. The van der Waals surface area contributed by atoms with Crippen LogP contribution in [0.1, 0.15) is 5.56 Å². The molecule has 0 spiro atoms. The fourth-order valence-electron chi connectivity index (χ4n) is 3.09. The van der Waals surface area contributed by atoms with Gasteiger partial charge in [-0.3, -0.25) is 4.98 Å². The van der Waals surface area contributed by atoms with Gasteiger partial charge in [0.15, 0.2) is 0 Å². The number of nitrogens with zero attached hydrogens (tertiary/aromatic N) is 4. The molecule has 4 aromatic rings. The molecule has 3 heterocycles. The zero-order chi connectivity index (χ0) is 19.2. The Hall–Kier alpha value is -3.54. The zero-order valence-corrected chi connectivity index (χ0v) is 15.3. The van der Waals surface area contributed by atoms with Crippen molar-refractivity contribution in [2.24, 2.45) is 0 Å². The van der Waals surface area contributed by atoms with Crippen molar-refractivity contribution in [3.05, 3.63) is 90.6 Å². The van der Waals surface area contributed by atoms with Crippen LogP contribution in [0, 0.1) is 5.82 Å². The van der Waals surface area contributed by atoms with Gasteiger partial charge in [0, 0.05) is 38.1 Å². The maximum Gasteiger partial charge on any atom is 0.143 e. The minimum atomic E-state index is -0.388. The Morgan fingerprint density at radius 3 is 2.57 bits per heavy atom. The van der Waals surface area contributed by atoms with E-state index in [1.165, 1.54) is 17.8 Å². The molecule has 0 saturated heterocycles. The lowest BCUT2D eigenvalue weighted by molar-refractivity contribution is 0.624. The van der Waals surface area contributed by atoms with Gasteiger partial charge in [-0.1, -0.05) is 36.4 Å². The third-order valence-corrected chi connectivity index (χ3v) is 4.43. The summed E-state index contributed by atoms with van der Waals surface area (Å²) in [5, 5.41) is 3.40. The van der Waals surface area contributed by atoms with Crippen LogP contribution in [0.15, 0.2) is 79.3 Å². The second-order valence-corrected chi connectivity index (χ2v) is 6.40. The van der Waals surface area contributed by atoms with E-state index in [0.29, 0.717) is 17.6 Å². The molecule has 5 nitrogen and oxygen atoms in total. The number of anilines is 2. The van der Waals surface area contributed by atoms with Crippen LogP contribution in [0.25, 0.3) is 11.0 Å². The van der Waals surface area contributed by atoms with E-state index in [1.807, 2.05) is 42.5 Å². The molecule has 28 heavy (non-hydrogen) atoms. The third kappa shape index (κ3) is 4.23. The van der Waals surface area contributed by atoms with E-state index in [1.54, 1.807) is 12.4 Å². The molecule has 1 N–H and O–H groups in total. The van der Waals surface area contributed by atoms with Crippen LogP contribution in [0.4, 0.5) is 15.9 Å². The predicted octanol–water partition coefficient (Wildman–Crippen LogP) is 4.28. The molecule has 0 fully saturated rings. The molecule has 4 rings (SSSR count). The van der Waals surface area contributed by atoms with Gasteiger partial charge in [-0.2, -0.15) is 0 Å². The van der Waals surface area contributed by atoms with Gasteiger partial charge in [-0.15, -0.1) is 0 Å². The molecular weight excluding hydrogens is 353 g/mol. The number of aromatic nitrogens is 3. The van der Waals surface area contributed by atoms with Crippen LogP contribution in [-0.2, 0) is 6.54 Å². The standard InChI is InChI=1S/C22H20FN5/c23-18-14-20-22(27-15-18)19(9-11-24-20)25-12-13-28(21-8-4-5-10-26-21)16-17-6-2-1-3-7-17/h1-11,14-15H,12-13,16H2,(H,24,25). The van der Waals surface area contributed by atoms with Crippen LogP contribution >= 0.6 is 0 Å². The molecule has 0 radical (unpaired) electrons. The first-order chi connectivity index (χ1) is 13.8. The lowest BCUT2D eigenvalue weighted by Gasteiger charge is -2.24. The SMILES string of the molecule is Fc1cnc2c(NCCN(Cc3ccccc3)c3ccccn3)ccnc2c1. The lowest BCUT2D eigenvalue weighted by Crippen LogP contribution is -2.29. The van der Waals surface area contributed by atoms with E-state index in [0.717, 1.165) is 24.6 Å². The number of hydrogen-bond donors (Lipinski definition) is 1. The molecular formula is C22H20FN5. The number of benzene rings is 1. The number of hydrogen-bond acceptors (Lipinski definition) is 5. The van der Waals surface area contributed by atoms with Crippen molar-refractivity contribution in [3.63, 3.8) is 0 Å². The Morgan fingerprint density at radius 1 is 0.893 bits per heavy atom. The maximum absolute atomic E-state index is 13.4. The highest BCUT2D eigenvalue weighted by Gasteiger charge is 2.09. The largest absolute Gasteiger partial charge is 0.381 e. The number of halogens is 1. The van der Waals surface area contributed by atoms with E-state index >= 15 is 0 Å². The Bertz CT molecular complexity index is 1040. The third-order valence-electron chi connectivity index (χ3n) is 4.43. The van der Waals surface area contributed by atoms with Gasteiger partial charge in [-0.05, 0) is 23.8 Å². The first-order valence-corrected chi connectivity index (χ1v) is 9.13. The molecule has 0 aliphatic heterocycles. The molecule has 0 aliphatic carbocycles. The zero-order valence-electron chi connectivity index (χ0n) is 15.3. The van der Waals surface area contributed by atoms with Gasteiger partial charge >= 0.3 is 0 Å². The fourth-order valence-corrected chi connectivity index (χ4v) is 3.09. The number of nitrogens with one attached hydrogen (secondary N) is 1. The molecule has 0 aliphatic rings. The summed E-state index contributed by atoms with van der Waals surface area (Å²) in [5.41, 5.74) is 3.26. The summed E-state index contributed by atoms with van der Waals surface area (Å²) in [6.07, 6.45) is 4.67. The summed E-state index contributed by atoms with van der Waals surface area (Å²) in [6.45, 7) is 2.19. The van der Waals surface area contributed by atoms with Crippen LogP contribution in [-0.4, -0.2) is 28.0 Å². The van der Waals surface area contributed by atoms with Gasteiger partial charge in [-0.25, -0.2) is 14.4 Å². The average molecular weight is 373 g/mol. The fraction of sp³-hybridized carbons (Fsp3) is 0.136. The minimum Gasteiger partial charge on any atom is -0.381 e. The van der Waals surface area contributed by atoms with Gasteiger partial charge in [0.05, 0.1) is 17.4 Å². The summed E-state index contributed by atoms with van der Waals surface area (Å²) in [4.78, 5) is 15.1. The highest BCUT2D eigenvalue weighted by Crippen LogP contribution is 2.20. The Morgan fingerprint density at radius 2 is 1.75 bits per heavy atom. The Kier molecular flexibility index (Phi) is 5.38. The quantitative estimate of drug-likeness (QED) is 0.524. The van der Waals surface area contributed by atoms with Gasteiger partial charge in [0.25, 0.3) is 0 Å². The summed E-state index contributed by atoms with van der Waals surface area (Å²) in [6, 6.07) is 19.5. The highest BCUT2D eigenvalue weighted by molar-refractivity contribution is 5.86. The number of pyridine rings is 3. The molecule has 0 bridgehead atoms. The molecule has 140 valence electrons. The van der Waals surface area contributed by atoms with E-state index < -0.39 is 0 Å². The molecule has 0 atom stereocenters. The smallest absolute Gasteiger partial charge is 0.143 e.